The minimum atomic E-state index is -0.993. The molecule has 0 spiro atoms. The molecule has 0 aliphatic rings. The Morgan fingerprint density at radius 2 is 2.27 bits per heavy atom. The molecule has 0 aliphatic carbocycles. The molecule has 0 saturated heterocycles. The second-order valence-electron chi connectivity index (χ2n) is 1.83. The number of nitrogens with one attached hydrogen (secondary N) is 1. The van der Waals surface area contributed by atoms with Crippen molar-refractivity contribution >= 4 is 15.9 Å². The second-order valence-corrected chi connectivity index (χ2v) is 2.33. The van der Waals surface area contributed by atoms with Gasteiger partial charge in [0.2, 0.25) is 5.82 Å². The molecular weight excluding hydrogens is 219 g/mol. The van der Waals surface area contributed by atoms with Gasteiger partial charge in [-0.1, -0.05) is 15.9 Å². The van der Waals surface area contributed by atoms with E-state index in [-0.39, 0.29) is 5.45 Å². The maximum absolute atomic E-state index is 12.4. The van der Waals surface area contributed by atoms with Gasteiger partial charge in [0.15, 0.2) is 0 Å². The van der Waals surface area contributed by atoms with Crippen molar-refractivity contribution in [2.75, 3.05) is 0 Å². The summed E-state index contributed by atoms with van der Waals surface area (Å²) >= 11 is 2.94. The molecule has 0 aromatic carbocycles. The molecule has 0 unspecified atom stereocenters. The van der Waals surface area contributed by atoms with Crippen molar-refractivity contribution in [2.45, 2.75) is 5.45 Å². The first-order valence-electron chi connectivity index (χ1n) is 2.70. The number of alkyl halides is 1. The summed E-state index contributed by atoms with van der Waals surface area (Å²) < 4.78 is 13.4. The SMILES string of the molecule is O=c1[nH]c(=O)n(CBr)cc1F. The van der Waals surface area contributed by atoms with Gasteiger partial charge >= 0.3 is 5.69 Å². The van der Waals surface area contributed by atoms with Gasteiger partial charge in [0.25, 0.3) is 5.56 Å². The Morgan fingerprint density at radius 3 is 2.82 bits per heavy atom. The van der Waals surface area contributed by atoms with Gasteiger partial charge in [-0.3, -0.25) is 14.3 Å². The summed E-state index contributed by atoms with van der Waals surface area (Å²) in [5.41, 5.74) is -1.47. The zero-order chi connectivity index (χ0) is 8.43. The van der Waals surface area contributed by atoms with Crippen LogP contribution in [-0.2, 0) is 5.45 Å². The lowest BCUT2D eigenvalue weighted by Crippen LogP contribution is -2.30. The number of hydrogen-bond donors (Lipinski definition) is 1. The van der Waals surface area contributed by atoms with Crippen LogP contribution in [0.4, 0.5) is 4.39 Å². The Balaban J connectivity index is 3.45. The van der Waals surface area contributed by atoms with Gasteiger partial charge in [-0.15, -0.1) is 0 Å². The zero-order valence-electron chi connectivity index (χ0n) is 5.30. The molecule has 0 bridgehead atoms. The van der Waals surface area contributed by atoms with Crippen LogP contribution in [0.3, 0.4) is 0 Å². The molecular formula is C5H4BrFN2O2. The van der Waals surface area contributed by atoms with Crippen LogP contribution in [0.2, 0.25) is 0 Å². The van der Waals surface area contributed by atoms with E-state index in [1.54, 1.807) is 4.98 Å². The first-order chi connectivity index (χ1) is 5.15. The minimum absolute atomic E-state index is 0.152. The van der Waals surface area contributed by atoms with Crippen molar-refractivity contribution in [2.24, 2.45) is 0 Å². The molecule has 1 aromatic rings. The predicted octanol–water partition coefficient (Wildman–Crippen LogP) is 0.0281. The average molecular weight is 223 g/mol. The Labute approximate surface area is 68.8 Å². The number of rotatable bonds is 1. The number of halogens is 2. The topological polar surface area (TPSA) is 54.9 Å². The summed E-state index contributed by atoms with van der Waals surface area (Å²) in [5.74, 6) is -0.968. The van der Waals surface area contributed by atoms with Crippen molar-refractivity contribution in [3.8, 4) is 0 Å². The molecule has 1 aromatic heterocycles. The van der Waals surface area contributed by atoms with E-state index < -0.39 is 17.1 Å². The summed E-state index contributed by atoms with van der Waals surface area (Å²) in [5, 5.41) is 0. The molecule has 1 N–H and O–H groups in total. The predicted molar refractivity (Wildman–Crippen MR) is 40.2 cm³/mol. The minimum Gasteiger partial charge on any atom is -0.287 e. The van der Waals surface area contributed by atoms with Gasteiger partial charge in [-0.25, -0.2) is 4.79 Å². The van der Waals surface area contributed by atoms with Crippen LogP contribution in [0.15, 0.2) is 15.8 Å². The fraction of sp³-hybridized carbons (Fsp3) is 0.200. The fourth-order valence-electron chi connectivity index (χ4n) is 0.571. The van der Waals surface area contributed by atoms with Crippen LogP contribution >= 0.6 is 15.9 Å². The zero-order valence-corrected chi connectivity index (χ0v) is 6.89. The normalized spacial score (nSPS) is 10.0. The van der Waals surface area contributed by atoms with Crippen molar-refractivity contribution < 1.29 is 4.39 Å². The number of nitrogens with zero attached hydrogens (tertiary/aromatic N) is 1. The summed E-state index contributed by atoms with van der Waals surface area (Å²) in [7, 11) is 0. The summed E-state index contributed by atoms with van der Waals surface area (Å²) in [6.45, 7) is 0. The second kappa shape index (κ2) is 3.00. The van der Waals surface area contributed by atoms with E-state index in [2.05, 4.69) is 15.9 Å². The monoisotopic (exact) mass is 222 g/mol. The van der Waals surface area contributed by atoms with Gasteiger partial charge in [-0.05, 0) is 0 Å². The van der Waals surface area contributed by atoms with Crippen LogP contribution in [0, 0.1) is 5.82 Å². The number of hydrogen-bond acceptors (Lipinski definition) is 2. The van der Waals surface area contributed by atoms with Crippen LogP contribution in [0.25, 0.3) is 0 Å². The van der Waals surface area contributed by atoms with Gasteiger partial charge in [0, 0.05) is 0 Å². The Kier molecular flexibility index (Phi) is 2.23. The van der Waals surface area contributed by atoms with Crippen LogP contribution in [0.1, 0.15) is 0 Å². The first-order valence-corrected chi connectivity index (χ1v) is 3.82. The van der Waals surface area contributed by atoms with Crippen molar-refractivity contribution in [1.82, 2.24) is 9.55 Å². The summed E-state index contributed by atoms with van der Waals surface area (Å²) in [6.07, 6.45) is 0.843. The fourth-order valence-corrected chi connectivity index (χ4v) is 0.944. The molecule has 11 heavy (non-hydrogen) atoms. The van der Waals surface area contributed by atoms with E-state index in [1.807, 2.05) is 0 Å². The van der Waals surface area contributed by atoms with Gasteiger partial charge in [0.1, 0.15) is 0 Å². The largest absolute Gasteiger partial charge is 0.329 e. The van der Waals surface area contributed by atoms with E-state index in [0.717, 1.165) is 10.8 Å². The van der Waals surface area contributed by atoms with E-state index in [9.17, 15) is 14.0 Å². The highest BCUT2D eigenvalue weighted by Crippen LogP contribution is 1.87. The highest BCUT2D eigenvalue weighted by Gasteiger charge is 2.00. The first kappa shape index (κ1) is 8.19. The maximum Gasteiger partial charge on any atom is 0.329 e. The van der Waals surface area contributed by atoms with Crippen molar-refractivity contribution in [1.29, 1.82) is 0 Å². The standard InChI is InChI=1S/C5H4BrFN2O2/c6-2-9-1-3(7)4(10)8-5(9)11/h1H,2H2,(H,8,10,11). The molecule has 1 rings (SSSR count). The lowest BCUT2D eigenvalue weighted by Gasteiger charge is -1.96. The van der Waals surface area contributed by atoms with Gasteiger partial charge in [0.05, 0.1) is 11.7 Å². The van der Waals surface area contributed by atoms with E-state index in [4.69, 9.17) is 0 Å². The molecule has 0 atom stereocenters. The Morgan fingerprint density at radius 1 is 1.64 bits per heavy atom. The van der Waals surface area contributed by atoms with Crippen molar-refractivity contribution in [3.05, 3.63) is 32.9 Å². The third kappa shape index (κ3) is 1.56. The van der Waals surface area contributed by atoms with E-state index >= 15 is 0 Å². The third-order valence-corrected chi connectivity index (χ3v) is 1.64. The lowest BCUT2D eigenvalue weighted by atomic mass is 10.6. The smallest absolute Gasteiger partial charge is 0.287 e. The van der Waals surface area contributed by atoms with E-state index in [1.165, 1.54) is 0 Å². The molecule has 0 aliphatic heterocycles. The molecule has 0 radical (unpaired) electrons. The lowest BCUT2D eigenvalue weighted by molar-refractivity contribution is 0.575. The molecule has 0 saturated carbocycles. The van der Waals surface area contributed by atoms with Gasteiger partial charge in [-0.2, -0.15) is 4.39 Å². The molecule has 1 heterocycles. The van der Waals surface area contributed by atoms with Crippen LogP contribution < -0.4 is 11.2 Å². The maximum atomic E-state index is 12.4. The van der Waals surface area contributed by atoms with Crippen molar-refractivity contribution in [3.63, 3.8) is 0 Å². The van der Waals surface area contributed by atoms with Gasteiger partial charge < -0.3 is 0 Å². The number of aromatic amines is 1. The Hall–Kier alpha value is -0.910. The van der Waals surface area contributed by atoms with Crippen LogP contribution in [0.5, 0.6) is 0 Å². The van der Waals surface area contributed by atoms with Crippen LogP contribution in [-0.4, -0.2) is 9.55 Å². The molecule has 60 valence electrons. The summed E-state index contributed by atoms with van der Waals surface area (Å²) in [6, 6.07) is 0. The highest BCUT2D eigenvalue weighted by atomic mass is 79.9. The highest BCUT2D eigenvalue weighted by molar-refractivity contribution is 9.08. The molecule has 4 nitrogen and oxygen atoms in total. The Bertz CT molecular complexity index is 369. The molecule has 0 amide bonds. The quantitative estimate of drug-likeness (QED) is 0.682. The average Bonchev–Trinajstić information content (AvgIpc) is 1.97. The van der Waals surface area contributed by atoms with E-state index in [0.29, 0.717) is 0 Å². The number of H-pyrrole nitrogens is 1. The molecule has 0 fully saturated rings. The third-order valence-electron chi connectivity index (χ3n) is 1.10. The summed E-state index contributed by atoms with van der Waals surface area (Å²) in [4.78, 5) is 23.0. The number of aromatic nitrogens is 2. The molecule has 6 heteroatoms.